The Bertz CT molecular complexity index is 2010. The third-order valence-electron chi connectivity index (χ3n) is 11.7. The third-order valence-corrected chi connectivity index (χ3v) is 13.2. The summed E-state index contributed by atoms with van der Waals surface area (Å²) in [7, 11) is 1.52. The summed E-state index contributed by atoms with van der Waals surface area (Å²) in [5.74, 6) is -0.129. The second-order valence-electron chi connectivity index (χ2n) is 17.0. The van der Waals surface area contributed by atoms with Crippen molar-refractivity contribution < 1.29 is 38.5 Å². The van der Waals surface area contributed by atoms with Crippen molar-refractivity contribution in [1.29, 1.82) is 0 Å². The SMILES string of the molecule is CC[C@@H]1C[C@]1(NC(=O)[C@@H]1C[C@@H](Oc2cc(-c3csc(C(C)C)n3)nc3c(Cl)c(OC)ccc23)CN1C(=O)[C@@H](NC(=O)OC1C[C@@H]2C[C@@H]2C1)C(C)(C)C)C(=O)O. The zero-order valence-corrected chi connectivity index (χ0v) is 33.9. The maximum atomic E-state index is 14.7. The fraction of sp³-hybridized carbons (Fsp3) is 0.600. The minimum Gasteiger partial charge on any atom is -0.495 e. The molecule has 0 spiro atoms. The van der Waals surface area contributed by atoms with Gasteiger partial charge in [0, 0.05) is 29.2 Å². The quantitative estimate of drug-likeness (QED) is 0.177. The van der Waals surface area contributed by atoms with E-state index in [1.807, 2.05) is 33.1 Å². The first-order chi connectivity index (χ1) is 26.0. The normalized spacial score (nSPS) is 27.4. The first-order valence-electron chi connectivity index (χ1n) is 19.2. The molecule has 55 heavy (non-hydrogen) atoms. The molecule has 7 rings (SSSR count). The number of carboxylic acids is 1. The predicted molar refractivity (Wildman–Crippen MR) is 207 cm³/mol. The van der Waals surface area contributed by atoms with Crippen LogP contribution in [0.5, 0.6) is 11.5 Å². The first kappa shape index (κ1) is 39.1. The number of aliphatic carboxylic acids is 1. The lowest BCUT2D eigenvalue weighted by Gasteiger charge is -2.35. The Morgan fingerprint density at radius 2 is 1.78 bits per heavy atom. The van der Waals surface area contributed by atoms with Gasteiger partial charge in [-0.05, 0) is 61.0 Å². The van der Waals surface area contributed by atoms with Crippen LogP contribution in [-0.4, -0.2) is 87.3 Å². The molecule has 3 amide bonds. The standard InChI is InChI=1S/C40H50ClN5O8S/c1-8-22-16-40(22,37(49)50)45-34(47)28-14-24(17-46(28)36(48)33(39(4,5)6)44-38(51)54-23-12-20-11-21(20)13-23)53-30-15-26(27-18-55-35(43-27)19(2)3)42-32-25(30)9-10-29(52-7)31(32)41/h9-10,15,18-24,28,33H,8,11-14,16-17H2,1-7H3,(H,44,51)(H,45,47)(H,49,50)/t20-,21+,22-,23?,24-,28+,33-,40-/m1/s1. The van der Waals surface area contributed by atoms with E-state index in [1.54, 1.807) is 18.2 Å². The molecule has 3 aromatic rings. The molecule has 3 heterocycles. The molecule has 13 nitrogen and oxygen atoms in total. The van der Waals surface area contributed by atoms with Crippen LogP contribution < -0.4 is 20.1 Å². The van der Waals surface area contributed by atoms with Gasteiger partial charge in [-0.15, -0.1) is 11.3 Å². The zero-order chi connectivity index (χ0) is 39.6. The van der Waals surface area contributed by atoms with E-state index in [9.17, 15) is 24.3 Å². The number of likely N-dealkylation sites (tertiary alicyclic amines) is 1. The van der Waals surface area contributed by atoms with Gasteiger partial charge in [0.15, 0.2) is 0 Å². The Balaban J connectivity index is 1.20. The number of methoxy groups -OCH3 is 1. The summed E-state index contributed by atoms with van der Waals surface area (Å²) in [6, 6.07) is 3.16. The third kappa shape index (κ3) is 7.68. The van der Waals surface area contributed by atoms with Gasteiger partial charge in [0.25, 0.3) is 0 Å². The molecule has 2 aromatic heterocycles. The monoisotopic (exact) mass is 795 g/mol. The molecule has 4 aliphatic rings. The number of nitrogens with zero attached hydrogens (tertiary/aromatic N) is 3. The number of thiazole rings is 1. The lowest BCUT2D eigenvalue weighted by molar-refractivity contribution is -0.146. The van der Waals surface area contributed by atoms with E-state index in [-0.39, 0.29) is 30.9 Å². The van der Waals surface area contributed by atoms with Crippen LogP contribution in [0.25, 0.3) is 22.3 Å². The number of carbonyl (C=O) groups is 4. The van der Waals surface area contributed by atoms with E-state index < -0.39 is 53.0 Å². The average molecular weight is 796 g/mol. The average Bonchev–Trinajstić information content (AvgIpc) is 3.77. The van der Waals surface area contributed by atoms with Gasteiger partial charge in [-0.2, -0.15) is 0 Å². The highest BCUT2D eigenvalue weighted by Gasteiger charge is 2.61. The number of amides is 3. The predicted octanol–water partition coefficient (Wildman–Crippen LogP) is 6.80. The Morgan fingerprint density at radius 3 is 2.38 bits per heavy atom. The number of hydrogen-bond acceptors (Lipinski definition) is 10. The molecule has 3 aliphatic carbocycles. The van der Waals surface area contributed by atoms with Gasteiger partial charge >= 0.3 is 12.1 Å². The lowest BCUT2D eigenvalue weighted by Crippen LogP contribution is -2.59. The van der Waals surface area contributed by atoms with Crippen molar-refractivity contribution >= 4 is 57.7 Å². The number of pyridine rings is 1. The molecule has 0 radical (unpaired) electrons. The maximum absolute atomic E-state index is 14.7. The smallest absolute Gasteiger partial charge is 0.408 e. The van der Waals surface area contributed by atoms with E-state index in [0.29, 0.717) is 63.5 Å². The molecule has 15 heteroatoms. The van der Waals surface area contributed by atoms with Gasteiger partial charge in [-0.1, -0.05) is 59.6 Å². The second kappa shape index (κ2) is 14.7. The summed E-state index contributed by atoms with van der Waals surface area (Å²) in [5.41, 5.74) is -0.561. The van der Waals surface area contributed by atoms with Crippen LogP contribution in [0.2, 0.25) is 5.02 Å². The zero-order valence-electron chi connectivity index (χ0n) is 32.3. The van der Waals surface area contributed by atoms with Crippen LogP contribution in [0.1, 0.15) is 91.0 Å². The number of alkyl carbamates (subject to hydrolysis) is 1. The van der Waals surface area contributed by atoms with E-state index in [4.69, 9.17) is 35.8 Å². The number of carboxylic acid groups (broad SMARTS) is 1. The molecule has 1 aromatic carbocycles. The number of halogens is 1. The highest BCUT2D eigenvalue weighted by molar-refractivity contribution is 7.10. The summed E-state index contributed by atoms with van der Waals surface area (Å²) in [4.78, 5) is 65.6. The molecule has 3 N–H and O–H groups in total. The van der Waals surface area contributed by atoms with Crippen LogP contribution in [0.3, 0.4) is 0 Å². The molecular formula is C40H50ClN5O8S. The second-order valence-corrected chi connectivity index (χ2v) is 18.2. The number of aromatic nitrogens is 2. The number of fused-ring (bicyclic) bond motifs is 2. The highest BCUT2D eigenvalue weighted by Crippen LogP contribution is 2.52. The Hall–Kier alpha value is -4.17. The fourth-order valence-electron chi connectivity index (χ4n) is 8.29. The van der Waals surface area contributed by atoms with Crippen LogP contribution >= 0.6 is 22.9 Å². The molecule has 1 aliphatic heterocycles. The van der Waals surface area contributed by atoms with Gasteiger partial charge in [-0.3, -0.25) is 9.59 Å². The van der Waals surface area contributed by atoms with E-state index in [0.717, 1.165) is 17.8 Å². The van der Waals surface area contributed by atoms with Gasteiger partial charge in [0.2, 0.25) is 11.8 Å². The van der Waals surface area contributed by atoms with Gasteiger partial charge in [0.1, 0.15) is 52.0 Å². The van der Waals surface area contributed by atoms with Crippen LogP contribution in [0, 0.1) is 23.2 Å². The molecule has 4 fully saturated rings. The molecular weight excluding hydrogens is 746 g/mol. The van der Waals surface area contributed by atoms with E-state index in [2.05, 4.69) is 24.5 Å². The van der Waals surface area contributed by atoms with Crippen LogP contribution in [-0.2, 0) is 19.1 Å². The minimum absolute atomic E-state index is 0.0132. The van der Waals surface area contributed by atoms with Gasteiger partial charge in [0.05, 0.1) is 29.9 Å². The van der Waals surface area contributed by atoms with Crippen molar-refractivity contribution in [2.45, 2.75) is 116 Å². The van der Waals surface area contributed by atoms with Crippen molar-refractivity contribution in [3.05, 3.63) is 33.6 Å². The number of benzene rings is 1. The first-order valence-corrected chi connectivity index (χ1v) is 20.4. The number of nitrogens with one attached hydrogen (secondary N) is 2. The van der Waals surface area contributed by atoms with Crippen molar-refractivity contribution in [3.63, 3.8) is 0 Å². The molecule has 1 saturated heterocycles. The summed E-state index contributed by atoms with van der Waals surface area (Å²) in [6.45, 7) is 11.5. The van der Waals surface area contributed by atoms with Gasteiger partial charge < -0.3 is 34.9 Å². The molecule has 3 saturated carbocycles. The molecule has 0 bridgehead atoms. The Labute approximate surface area is 329 Å². The molecule has 8 atom stereocenters. The number of ether oxygens (including phenoxy) is 3. The van der Waals surface area contributed by atoms with Crippen molar-refractivity contribution in [2.75, 3.05) is 13.7 Å². The topological polar surface area (TPSA) is 169 Å². The van der Waals surface area contributed by atoms with Crippen molar-refractivity contribution in [1.82, 2.24) is 25.5 Å². The Kier molecular flexibility index (Phi) is 10.5. The minimum atomic E-state index is -1.40. The Morgan fingerprint density at radius 1 is 1.05 bits per heavy atom. The van der Waals surface area contributed by atoms with E-state index in [1.165, 1.54) is 29.8 Å². The highest BCUT2D eigenvalue weighted by atomic mass is 35.5. The maximum Gasteiger partial charge on any atom is 0.408 e. The van der Waals surface area contributed by atoms with Gasteiger partial charge in [-0.25, -0.2) is 19.6 Å². The van der Waals surface area contributed by atoms with Crippen molar-refractivity contribution in [2.24, 2.45) is 23.2 Å². The van der Waals surface area contributed by atoms with Crippen LogP contribution in [0.4, 0.5) is 4.79 Å². The fourth-order valence-corrected chi connectivity index (χ4v) is 9.40. The summed E-state index contributed by atoms with van der Waals surface area (Å²) in [6.07, 6.45) is 2.21. The number of rotatable bonds is 12. The van der Waals surface area contributed by atoms with Crippen LogP contribution in [0.15, 0.2) is 23.6 Å². The lowest BCUT2D eigenvalue weighted by atomic mass is 9.85. The summed E-state index contributed by atoms with van der Waals surface area (Å²) < 4.78 is 18.0. The molecule has 1 unspecified atom stereocenters. The molecule has 296 valence electrons. The largest absolute Gasteiger partial charge is 0.495 e. The van der Waals surface area contributed by atoms with Crippen molar-refractivity contribution in [3.8, 4) is 22.9 Å². The number of carbonyl (C=O) groups excluding carboxylic acids is 3. The van der Waals surface area contributed by atoms with E-state index >= 15 is 0 Å². The summed E-state index contributed by atoms with van der Waals surface area (Å²) >= 11 is 8.34. The number of hydrogen-bond donors (Lipinski definition) is 3. The summed E-state index contributed by atoms with van der Waals surface area (Å²) in [5, 5.41) is 19.5.